The first-order valence-corrected chi connectivity index (χ1v) is 27.6. The molecule has 0 aliphatic carbocycles. The molecule has 3 unspecified atom stereocenters. The topological polar surface area (TPSA) is 44.8 Å². The van der Waals surface area contributed by atoms with E-state index in [1.54, 1.807) is 0 Å². The van der Waals surface area contributed by atoms with Crippen LogP contribution in [0.4, 0.5) is 0 Å². The number of hydrogen-bond acceptors (Lipinski definition) is 4. The number of unbranched alkanes of at least 4 members (excludes halogenated alkanes) is 30. The van der Waals surface area contributed by atoms with Gasteiger partial charge in [-0.3, -0.25) is 13.6 Å². The van der Waals surface area contributed by atoms with E-state index < -0.39 is 7.82 Å². The van der Waals surface area contributed by atoms with E-state index in [0.717, 1.165) is 77.0 Å². The van der Waals surface area contributed by atoms with Gasteiger partial charge in [0, 0.05) is 0 Å². The Bertz CT molecular complexity index is 690. The van der Waals surface area contributed by atoms with Gasteiger partial charge in [0.15, 0.2) is 0 Å². The van der Waals surface area contributed by atoms with Gasteiger partial charge in [0.1, 0.15) is 0 Å². The van der Waals surface area contributed by atoms with E-state index in [0.29, 0.717) is 0 Å². The molecule has 0 saturated heterocycles. The Labute approximate surface area is 354 Å². The average molecular weight is 813 g/mol. The van der Waals surface area contributed by atoms with Crippen molar-refractivity contribution in [3.05, 3.63) is 0 Å². The summed E-state index contributed by atoms with van der Waals surface area (Å²) in [5, 5.41) is 0. The van der Waals surface area contributed by atoms with Crippen molar-refractivity contribution in [3.8, 4) is 0 Å². The third kappa shape index (κ3) is 38.3. The summed E-state index contributed by atoms with van der Waals surface area (Å²) in [6, 6.07) is 0. The molecule has 0 aromatic rings. The third-order valence-corrected chi connectivity index (χ3v) is 13.8. The highest BCUT2D eigenvalue weighted by atomic mass is 31.2. The Kier molecular flexibility index (Phi) is 44.7. The summed E-state index contributed by atoms with van der Waals surface area (Å²) in [6.45, 7) is 13.7. The fraction of sp³-hybridized carbons (Fsp3) is 1.00. The van der Waals surface area contributed by atoms with E-state index >= 15 is 4.57 Å². The van der Waals surface area contributed by atoms with E-state index in [2.05, 4.69) is 41.5 Å². The lowest BCUT2D eigenvalue weighted by Gasteiger charge is -2.31. The van der Waals surface area contributed by atoms with Crippen LogP contribution >= 0.6 is 7.82 Å². The Hall–Kier alpha value is 0.110. The number of phosphoric acid groups is 1. The maximum absolute atomic E-state index is 15.3. The molecule has 0 spiro atoms. The summed E-state index contributed by atoms with van der Waals surface area (Å²) >= 11 is 0. The molecule has 0 fully saturated rings. The number of hydrogen-bond donors (Lipinski definition) is 0. The zero-order valence-corrected chi connectivity index (χ0v) is 40.4. The molecule has 56 heavy (non-hydrogen) atoms. The summed E-state index contributed by atoms with van der Waals surface area (Å²) in [5.74, 6) is 0. The van der Waals surface area contributed by atoms with Crippen LogP contribution < -0.4 is 0 Å². The lowest BCUT2D eigenvalue weighted by Crippen LogP contribution is -2.22. The Morgan fingerprint density at radius 3 is 0.589 bits per heavy atom. The monoisotopic (exact) mass is 813 g/mol. The van der Waals surface area contributed by atoms with Crippen molar-refractivity contribution >= 4 is 7.82 Å². The number of phosphoric ester groups is 1. The molecule has 0 aromatic carbocycles. The Morgan fingerprint density at radius 1 is 0.250 bits per heavy atom. The minimum atomic E-state index is -3.77. The summed E-state index contributed by atoms with van der Waals surface area (Å²) < 4.78 is 35.7. The largest absolute Gasteiger partial charge is 0.475 e. The first-order valence-electron chi connectivity index (χ1n) is 26.1. The molecule has 0 bridgehead atoms. The lowest BCUT2D eigenvalue weighted by molar-refractivity contribution is 0.0156. The van der Waals surface area contributed by atoms with Gasteiger partial charge in [-0.25, -0.2) is 4.57 Å². The van der Waals surface area contributed by atoms with Crippen molar-refractivity contribution in [3.63, 3.8) is 0 Å². The first-order chi connectivity index (χ1) is 27.5. The highest BCUT2D eigenvalue weighted by Gasteiger charge is 2.36. The molecule has 0 rings (SSSR count). The maximum Gasteiger partial charge on any atom is 0.475 e. The molecule has 4 nitrogen and oxygen atoms in total. The van der Waals surface area contributed by atoms with Gasteiger partial charge in [0.25, 0.3) is 0 Å². The van der Waals surface area contributed by atoms with Crippen molar-refractivity contribution in [1.82, 2.24) is 0 Å². The summed E-state index contributed by atoms with van der Waals surface area (Å²) in [5.41, 5.74) is 0. The van der Waals surface area contributed by atoms with Crippen LogP contribution in [0.3, 0.4) is 0 Å². The van der Waals surface area contributed by atoms with Gasteiger partial charge < -0.3 is 0 Å². The van der Waals surface area contributed by atoms with Crippen LogP contribution in [0, 0.1) is 0 Å². The van der Waals surface area contributed by atoms with Crippen molar-refractivity contribution in [2.75, 3.05) is 0 Å². The van der Waals surface area contributed by atoms with Gasteiger partial charge in [-0.2, -0.15) is 0 Å². The minimum absolute atomic E-state index is 0.0510. The fourth-order valence-electron chi connectivity index (χ4n) is 8.29. The van der Waals surface area contributed by atoms with E-state index in [1.807, 2.05) is 0 Å². The van der Waals surface area contributed by atoms with Crippen molar-refractivity contribution < 1.29 is 18.1 Å². The molecule has 0 N–H and O–H groups in total. The quantitative estimate of drug-likeness (QED) is 0.0453. The number of rotatable bonds is 48. The molecule has 338 valence electrons. The molecule has 3 atom stereocenters. The third-order valence-electron chi connectivity index (χ3n) is 12.1. The summed E-state index contributed by atoms with van der Waals surface area (Å²) in [4.78, 5) is 0. The molecule has 0 aromatic heterocycles. The van der Waals surface area contributed by atoms with Gasteiger partial charge in [-0.05, 0) is 38.5 Å². The zero-order valence-electron chi connectivity index (χ0n) is 39.5. The van der Waals surface area contributed by atoms with Crippen LogP contribution in [0.2, 0.25) is 0 Å². The van der Waals surface area contributed by atoms with Gasteiger partial charge in [-0.15, -0.1) is 0 Å². The van der Waals surface area contributed by atoms with Crippen LogP contribution in [0.25, 0.3) is 0 Å². The van der Waals surface area contributed by atoms with Crippen molar-refractivity contribution in [1.29, 1.82) is 0 Å². The highest BCUT2D eigenvalue weighted by molar-refractivity contribution is 7.48. The maximum atomic E-state index is 15.3. The van der Waals surface area contributed by atoms with Gasteiger partial charge in [0.2, 0.25) is 0 Å². The molecule has 0 aliphatic rings. The molecule has 0 heterocycles. The Balaban J connectivity index is 5.82. The van der Waals surface area contributed by atoms with E-state index in [4.69, 9.17) is 13.6 Å². The second kappa shape index (κ2) is 44.7. The molecule has 0 amide bonds. The second-order valence-electron chi connectivity index (χ2n) is 18.0. The molecule has 0 saturated carbocycles. The van der Waals surface area contributed by atoms with Crippen LogP contribution in [-0.4, -0.2) is 18.3 Å². The predicted molar refractivity (Wildman–Crippen MR) is 250 cm³/mol. The van der Waals surface area contributed by atoms with Gasteiger partial charge >= 0.3 is 7.82 Å². The summed E-state index contributed by atoms with van der Waals surface area (Å²) in [6.07, 6.45) is 51.6. The van der Waals surface area contributed by atoms with E-state index in [-0.39, 0.29) is 18.3 Å². The molecule has 5 heteroatoms. The van der Waals surface area contributed by atoms with Gasteiger partial charge in [0.05, 0.1) is 18.3 Å². The van der Waals surface area contributed by atoms with E-state index in [1.165, 1.54) is 193 Å². The minimum Gasteiger partial charge on any atom is -0.284 e. The highest BCUT2D eigenvalue weighted by Crippen LogP contribution is 2.55. The molecule has 0 radical (unpaired) electrons. The van der Waals surface area contributed by atoms with Crippen molar-refractivity contribution in [2.24, 2.45) is 0 Å². The van der Waals surface area contributed by atoms with Crippen LogP contribution in [-0.2, 0) is 18.1 Å². The first kappa shape index (κ1) is 56.1. The van der Waals surface area contributed by atoms with Crippen LogP contribution in [0.1, 0.15) is 311 Å². The SMILES string of the molecule is CCCCCCCCCCCC(CCCCC)OP(=O)(OC(CCCCC)CCCCCCCCCCC)OC(CCCCC)CCCCCCCCCCC. The zero-order chi connectivity index (χ0) is 41.1. The second-order valence-corrected chi connectivity index (χ2v) is 19.5. The van der Waals surface area contributed by atoms with Crippen LogP contribution in [0.5, 0.6) is 0 Å². The van der Waals surface area contributed by atoms with Crippen LogP contribution in [0.15, 0.2) is 0 Å². The Morgan fingerprint density at radius 2 is 0.393 bits per heavy atom. The van der Waals surface area contributed by atoms with Crippen molar-refractivity contribution in [2.45, 2.75) is 330 Å². The summed E-state index contributed by atoms with van der Waals surface area (Å²) in [7, 11) is -3.77. The fourth-order valence-corrected chi connectivity index (χ4v) is 10.2. The predicted octanol–water partition coefficient (Wildman–Crippen LogP) is 19.8. The molecular formula is C51H105O4P. The lowest BCUT2D eigenvalue weighted by atomic mass is 10.0. The van der Waals surface area contributed by atoms with E-state index in [9.17, 15) is 0 Å². The normalized spacial score (nSPS) is 14.6. The standard InChI is InChI=1S/C51H105O4P/c1-7-13-19-22-25-28-31-34-40-46-49(43-37-16-10-4)53-56(52,54-50(44-38-17-11-5)47-41-35-32-29-26-23-20-14-8-2)55-51(45-39-18-12-6)48-42-36-33-30-27-24-21-15-9-3/h49-51H,7-48H2,1-6H3. The average Bonchev–Trinajstić information content (AvgIpc) is 3.18. The smallest absolute Gasteiger partial charge is 0.284 e. The van der Waals surface area contributed by atoms with Gasteiger partial charge in [-0.1, -0.05) is 273 Å². The molecule has 0 aliphatic heterocycles. The molecular weight excluding hydrogens is 708 g/mol.